The van der Waals surface area contributed by atoms with Gasteiger partial charge in [-0.05, 0) is 52.2 Å². The molecule has 5 aromatic rings. The van der Waals surface area contributed by atoms with Crippen LogP contribution in [0.4, 0.5) is 0 Å². The van der Waals surface area contributed by atoms with Gasteiger partial charge in [0.1, 0.15) is 18.3 Å². The summed E-state index contributed by atoms with van der Waals surface area (Å²) in [5.74, 6) is -0.210. The summed E-state index contributed by atoms with van der Waals surface area (Å²) in [6.07, 6.45) is 0.907. The second-order valence-electron chi connectivity index (χ2n) is 11.9. The smallest absolute Gasteiger partial charge is 0.328 e. The van der Waals surface area contributed by atoms with Crippen molar-refractivity contribution in [3.05, 3.63) is 89.6 Å². The second kappa shape index (κ2) is 11.8. The predicted octanol–water partition coefficient (Wildman–Crippen LogP) is 5.07. The number of rotatable bonds is 8. The summed E-state index contributed by atoms with van der Waals surface area (Å²) in [6, 6.07) is 21.4. The zero-order valence-corrected chi connectivity index (χ0v) is 26.4. The van der Waals surface area contributed by atoms with Crippen molar-refractivity contribution in [1.29, 1.82) is 0 Å². The van der Waals surface area contributed by atoms with Gasteiger partial charge in [0, 0.05) is 23.0 Å². The highest BCUT2D eigenvalue weighted by atomic mass is 16.7. The first kappa shape index (κ1) is 29.6. The summed E-state index contributed by atoms with van der Waals surface area (Å²) >= 11 is 0. The van der Waals surface area contributed by atoms with E-state index in [1.807, 2.05) is 66.7 Å². The maximum Gasteiger partial charge on any atom is 0.328 e. The molecule has 0 unspecified atom stereocenters. The van der Waals surface area contributed by atoms with Crippen LogP contribution in [0.25, 0.3) is 22.0 Å². The van der Waals surface area contributed by atoms with Gasteiger partial charge in [0.05, 0.1) is 40.1 Å². The molecule has 0 N–H and O–H groups in total. The topological polar surface area (TPSA) is 129 Å². The fraction of sp³-hybridized carbons (Fsp3) is 0.278. The van der Waals surface area contributed by atoms with Crippen molar-refractivity contribution in [3.63, 3.8) is 0 Å². The molecule has 1 aliphatic carbocycles. The minimum Gasteiger partial charge on any atom is -0.493 e. The zero-order valence-electron chi connectivity index (χ0n) is 26.4. The van der Waals surface area contributed by atoms with E-state index in [9.17, 15) is 9.59 Å². The minimum atomic E-state index is -0.805. The van der Waals surface area contributed by atoms with Gasteiger partial charge in [0.2, 0.25) is 12.5 Å². The molecule has 4 aromatic carbocycles. The number of aromatic nitrogens is 3. The molecule has 4 atom stereocenters. The molecule has 48 heavy (non-hydrogen) atoms. The van der Waals surface area contributed by atoms with Gasteiger partial charge in [-0.2, -0.15) is 0 Å². The van der Waals surface area contributed by atoms with Gasteiger partial charge in [0.15, 0.2) is 23.0 Å². The Balaban J connectivity index is 1.13. The van der Waals surface area contributed by atoms with Crippen LogP contribution < -0.4 is 23.7 Å². The number of benzene rings is 4. The van der Waals surface area contributed by atoms with Crippen LogP contribution in [0.3, 0.4) is 0 Å². The molecule has 8 rings (SSSR count). The lowest BCUT2D eigenvalue weighted by Crippen LogP contribution is -2.37. The highest BCUT2D eigenvalue weighted by Gasteiger charge is 2.54. The number of nitrogens with zero attached hydrogens (tertiary/aromatic N) is 3. The molecule has 244 valence electrons. The van der Waals surface area contributed by atoms with E-state index in [4.69, 9.17) is 33.2 Å². The lowest BCUT2D eigenvalue weighted by atomic mass is 9.66. The summed E-state index contributed by atoms with van der Waals surface area (Å²) in [5.41, 5.74) is 3.69. The van der Waals surface area contributed by atoms with Crippen molar-refractivity contribution in [3.8, 4) is 40.0 Å². The van der Waals surface area contributed by atoms with Crippen LogP contribution in [0.5, 0.6) is 28.7 Å². The number of carbonyl (C=O) groups excluding carboxylic acids is 2. The van der Waals surface area contributed by atoms with Crippen LogP contribution in [0.1, 0.15) is 28.7 Å². The Hall–Kier alpha value is -5.78. The number of fused-ring (bicyclic) bond motifs is 4. The number of cyclic esters (lactones) is 1. The molecular weight excluding hydrogens is 618 g/mol. The van der Waals surface area contributed by atoms with Crippen molar-refractivity contribution >= 4 is 22.7 Å². The molecule has 0 radical (unpaired) electrons. The molecule has 3 heterocycles. The standard InChI is InChI=1S/C36H31N3O9/c1-42-29-11-22(12-30(43-2)35(29)44-3)32-23-13-27-28(47-18-46-27)14-24(23)34(25-17-45-36(41)33(25)32)48-31(40)16-39-15-26(37-38-39)21-9-8-19-6-4-5-7-20(19)10-21/h4-15,25,32-34H,16-18H2,1-3H3/t25-,32+,33-,34-/m0/s1. The van der Waals surface area contributed by atoms with Crippen LogP contribution >= 0.6 is 0 Å². The molecule has 0 amide bonds. The number of methoxy groups -OCH3 is 3. The van der Waals surface area contributed by atoms with Gasteiger partial charge in [-0.15, -0.1) is 5.10 Å². The summed E-state index contributed by atoms with van der Waals surface area (Å²) in [7, 11) is 4.61. The number of hydrogen-bond acceptors (Lipinski definition) is 11. The van der Waals surface area contributed by atoms with Crippen molar-refractivity contribution < 1.29 is 42.7 Å². The Labute approximate surface area is 275 Å². The van der Waals surface area contributed by atoms with E-state index in [0.717, 1.165) is 27.5 Å². The Morgan fingerprint density at radius 2 is 1.60 bits per heavy atom. The number of esters is 2. The first-order valence-electron chi connectivity index (χ1n) is 15.4. The largest absolute Gasteiger partial charge is 0.493 e. The molecule has 12 nitrogen and oxygen atoms in total. The van der Waals surface area contributed by atoms with Crippen LogP contribution in [0, 0.1) is 11.8 Å². The van der Waals surface area contributed by atoms with E-state index in [2.05, 4.69) is 10.3 Å². The van der Waals surface area contributed by atoms with Gasteiger partial charge in [-0.25, -0.2) is 4.68 Å². The monoisotopic (exact) mass is 649 g/mol. The summed E-state index contributed by atoms with van der Waals surface area (Å²) in [5, 5.41) is 10.7. The number of ether oxygens (including phenoxy) is 7. The lowest BCUT2D eigenvalue weighted by Gasteiger charge is -2.38. The quantitative estimate of drug-likeness (QED) is 0.209. The van der Waals surface area contributed by atoms with Crippen LogP contribution in [0.15, 0.2) is 72.9 Å². The molecule has 0 spiro atoms. The highest BCUT2D eigenvalue weighted by molar-refractivity contribution is 5.86. The maximum atomic E-state index is 13.6. The van der Waals surface area contributed by atoms with E-state index in [1.54, 1.807) is 6.20 Å². The van der Waals surface area contributed by atoms with E-state index in [0.29, 0.717) is 40.0 Å². The highest BCUT2D eigenvalue weighted by Crippen LogP contribution is 2.56. The summed E-state index contributed by atoms with van der Waals surface area (Å²) in [4.78, 5) is 27.0. The van der Waals surface area contributed by atoms with Gasteiger partial charge in [-0.3, -0.25) is 9.59 Å². The van der Waals surface area contributed by atoms with E-state index >= 15 is 0 Å². The molecule has 0 saturated carbocycles. The van der Waals surface area contributed by atoms with E-state index in [-0.39, 0.29) is 25.9 Å². The molecule has 0 bridgehead atoms. The van der Waals surface area contributed by atoms with Crippen LogP contribution in [-0.4, -0.2) is 61.7 Å². The Kier molecular flexibility index (Phi) is 7.27. The van der Waals surface area contributed by atoms with E-state index < -0.39 is 29.8 Å². The normalized spacial score (nSPS) is 20.5. The van der Waals surface area contributed by atoms with Gasteiger partial charge in [0.25, 0.3) is 0 Å². The SMILES string of the molecule is COc1cc([C@@H]2c3cc4c(cc3[C@H](OC(=O)Cn3cc(-c5ccc6ccccc6c5)nn3)[C@H]3COC(=O)[C@H]23)OCO4)cc(OC)c1OC. The third-order valence-corrected chi connectivity index (χ3v) is 9.30. The first-order valence-corrected chi connectivity index (χ1v) is 15.4. The average Bonchev–Trinajstić information content (AvgIpc) is 3.87. The summed E-state index contributed by atoms with van der Waals surface area (Å²) < 4.78 is 41.6. The van der Waals surface area contributed by atoms with Crippen LogP contribution in [0.2, 0.25) is 0 Å². The fourth-order valence-corrected chi connectivity index (χ4v) is 7.11. The van der Waals surface area contributed by atoms with Gasteiger partial charge >= 0.3 is 11.9 Å². The molecule has 3 aliphatic rings. The number of hydrogen-bond donors (Lipinski definition) is 0. The second-order valence-corrected chi connectivity index (χ2v) is 11.9. The van der Waals surface area contributed by atoms with Gasteiger partial charge in [-0.1, -0.05) is 41.6 Å². The Morgan fingerprint density at radius 1 is 0.875 bits per heavy atom. The first-order chi connectivity index (χ1) is 23.4. The fourth-order valence-electron chi connectivity index (χ4n) is 7.11. The molecule has 2 aliphatic heterocycles. The van der Waals surface area contributed by atoms with Gasteiger partial charge < -0.3 is 33.2 Å². The maximum absolute atomic E-state index is 13.6. The molecule has 12 heteroatoms. The lowest BCUT2D eigenvalue weighted by molar-refractivity contribution is -0.155. The van der Waals surface area contributed by atoms with Crippen molar-refractivity contribution in [2.75, 3.05) is 34.7 Å². The third kappa shape index (κ3) is 4.91. The molecule has 1 aromatic heterocycles. The average molecular weight is 650 g/mol. The Morgan fingerprint density at radius 3 is 2.33 bits per heavy atom. The Bertz CT molecular complexity index is 2050. The molecule has 1 saturated heterocycles. The van der Waals surface area contributed by atoms with Crippen LogP contribution in [-0.2, 0) is 25.6 Å². The van der Waals surface area contributed by atoms with Crippen molar-refractivity contribution in [1.82, 2.24) is 15.0 Å². The number of carbonyl (C=O) groups is 2. The third-order valence-electron chi connectivity index (χ3n) is 9.30. The minimum absolute atomic E-state index is 0.0538. The van der Waals surface area contributed by atoms with Crippen molar-refractivity contribution in [2.24, 2.45) is 11.8 Å². The van der Waals surface area contributed by atoms with Crippen molar-refractivity contribution in [2.45, 2.75) is 18.6 Å². The zero-order chi connectivity index (χ0) is 32.9. The summed E-state index contributed by atoms with van der Waals surface area (Å²) in [6.45, 7) is -0.0522. The molecule has 1 fully saturated rings. The predicted molar refractivity (Wildman–Crippen MR) is 170 cm³/mol. The molecular formula is C36H31N3O9. The van der Waals surface area contributed by atoms with E-state index in [1.165, 1.54) is 26.0 Å².